The molecule has 0 radical (unpaired) electrons. The molecule has 0 unspecified atom stereocenters. The first-order valence-electron chi connectivity index (χ1n) is 9.01. The van der Waals surface area contributed by atoms with E-state index in [9.17, 15) is 17.6 Å². The fraction of sp³-hybridized carbons (Fsp3) is 0.200. The number of aryl methyl sites for hydroxylation is 1. The maximum Gasteiger partial charge on any atom is 0.243 e. The van der Waals surface area contributed by atoms with Gasteiger partial charge in [0, 0.05) is 12.1 Å². The van der Waals surface area contributed by atoms with Gasteiger partial charge >= 0.3 is 0 Å². The first kappa shape index (κ1) is 19.3. The molecule has 2 heterocycles. The zero-order valence-electron chi connectivity index (χ0n) is 15.6. The summed E-state index contributed by atoms with van der Waals surface area (Å²) in [6, 6.07) is 12.8. The highest BCUT2D eigenvalue weighted by molar-refractivity contribution is 7.89. The zero-order valence-corrected chi connectivity index (χ0v) is 16.5. The minimum Gasteiger partial charge on any atom is -0.309 e. The number of carbonyl (C=O) groups is 1. The largest absolute Gasteiger partial charge is 0.309 e. The first-order chi connectivity index (χ1) is 13.9. The number of hydrogen-bond acceptors (Lipinski definition) is 4. The second-order valence-electron chi connectivity index (χ2n) is 6.88. The fourth-order valence-electron chi connectivity index (χ4n) is 3.36. The topological polar surface area (TPSA) is 95.2 Å². The molecule has 2 aromatic carbocycles. The maximum absolute atomic E-state index is 13.7. The lowest BCUT2D eigenvalue weighted by molar-refractivity contribution is -0.115. The van der Waals surface area contributed by atoms with Crippen molar-refractivity contribution in [3.05, 3.63) is 76.7 Å². The van der Waals surface area contributed by atoms with Gasteiger partial charge in [-0.15, -0.1) is 0 Å². The number of rotatable bonds is 5. The number of nitrogens with one attached hydrogen (secondary N) is 2. The van der Waals surface area contributed by atoms with Crippen molar-refractivity contribution in [3.63, 3.8) is 0 Å². The van der Waals surface area contributed by atoms with Crippen LogP contribution in [0.2, 0.25) is 0 Å². The predicted octanol–water partition coefficient (Wildman–Crippen LogP) is 2.74. The Balaban J connectivity index is 1.50. The summed E-state index contributed by atoms with van der Waals surface area (Å²) in [5.74, 6) is -0.612. The van der Waals surface area contributed by atoms with Crippen LogP contribution in [-0.2, 0) is 34.3 Å². The van der Waals surface area contributed by atoms with Crippen LogP contribution in [0.4, 0.5) is 10.2 Å². The highest BCUT2D eigenvalue weighted by atomic mass is 32.2. The standard InChI is InChI=1S/C20H19FN4O3S/c1-13-6-2-5-9-18(13)29(27,28)25-11-15-17(12-25)23-24-20(15)22-19(26)10-14-7-3-4-8-16(14)21/h2-9H,10-12H2,1H3,(H2,22,23,24,26). The number of carbonyl (C=O) groups excluding carboxylic acids is 1. The number of amides is 1. The van der Waals surface area contributed by atoms with Crippen molar-refractivity contribution in [1.29, 1.82) is 0 Å². The van der Waals surface area contributed by atoms with Crippen LogP contribution in [0.1, 0.15) is 22.4 Å². The Morgan fingerprint density at radius 1 is 1.17 bits per heavy atom. The van der Waals surface area contributed by atoms with Gasteiger partial charge in [-0.3, -0.25) is 9.89 Å². The van der Waals surface area contributed by atoms with Crippen LogP contribution in [0, 0.1) is 12.7 Å². The molecule has 1 aliphatic heterocycles. The molecule has 0 saturated carbocycles. The van der Waals surface area contributed by atoms with E-state index >= 15 is 0 Å². The van der Waals surface area contributed by atoms with Gasteiger partial charge in [0.25, 0.3) is 0 Å². The number of halogens is 1. The first-order valence-corrected chi connectivity index (χ1v) is 10.5. The van der Waals surface area contributed by atoms with E-state index in [2.05, 4.69) is 15.5 Å². The monoisotopic (exact) mass is 414 g/mol. The highest BCUT2D eigenvalue weighted by Gasteiger charge is 2.34. The van der Waals surface area contributed by atoms with Crippen molar-refractivity contribution < 1.29 is 17.6 Å². The summed E-state index contributed by atoms with van der Waals surface area (Å²) in [7, 11) is -3.68. The summed E-state index contributed by atoms with van der Waals surface area (Å²) in [6.07, 6.45) is -0.139. The molecular weight excluding hydrogens is 395 g/mol. The fourth-order valence-corrected chi connectivity index (χ4v) is 4.96. The van der Waals surface area contributed by atoms with Crippen LogP contribution in [0.25, 0.3) is 0 Å². The molecule has 4 rings (SSSR count). The molecular formula is C20H19FN4O3S. The number of nitrogens with zero attached hydrogens (tertiary/aromatic N) is 2. The maximum atomic E-state index is 13.7. The van der Waals surface area contributed by atoms with E-state index in [1.807, 2.05) is 0 Å². The molecule has 0 saturated heterocycles. The predicted molar refractivity (Wildman–Crippen MR) is 105 cm³/mol. The van der Waals surface area contributed by atoms with Crippen LogP contribution in [0.5, 0.6) is 0 Å². The minimum atomic E-state index is -3.68. The normalized spacial score (nSPS) is 14.0. The van der Waals surface area contributed by atoms with E-state index in [4.69, 9.17) is 0 Å². The smallest absolute Gasteiger partial charge is 0.243 e. The van der Waals surface area contributed by atoms with E-state index in [-0.39, 0.29) is 35.8 Å². The lowest BCUT2D eigenvalue weighted by atomic mass is 10.1. The van der Waals surface area contributed by atoms with E-state index in [1.54, 1.807) is 49.4 Å². The van der Waals surface area contributed by atoms with Gasteiger partial charge in [0.2, 0.25) is 15.9 Å². The molecule has 1 aliphatic rings. The number of aromatic amines is 1. The van der Waals surface area contributed by atoms with Crippen LogP contribution in [0.15, 0.2) is 53.4 Å². The Morgan fingerprint density at radius 3 is 2.66 bits per heavy atom. The third-order valence-electron chi connectivity index (χ3n) is 4.90. The summed E-state index contributed by atoms with van der Waals surface area (Å²) in [6.45, 7) is 1.98. The number of anilines is 1. The minimum absolute atomic E-state index is 0.0951. The van der Waals surface area contributed by atoms with Crippen molar-refractivity contribution >= 4 is 21.7 Å². The van der Waals surface area contributed by atoms with E-state index in [0.29, 0.717) is 16.8 Å². The molecule has 0 fully saturated rings. The second-order valence-corrected chi connectivity index (χ2v) is 8.79. The van der Waals surface area contributed by atoms with Gasteiger partial charge in [0.1, 0.15) is 5.82 Å². The van der Waals surface area contributed by atoms with Gasteiger partial charge in [-0.25, -0.2) is 12.8 Å². The molecule has 0 atom stereocenters. The third-order valence-corrected chi connectivity index (χ3v) is 6.85. The molecule has 9 heteroatoms. The average Bonchev–Trinajstić information content (AvgIpc) is 3.26. The Labute approximate surface area is 167 Å². The molecule has 0 aliphatic carbocycles. The number of benzene rings is 2. The average molecular weight is 414 g/mol. The van der Waals surface area contributed by atoms with Gasteiger partial charge in [-0.2, -0.15) is 9.40 Å². The molecule has 2 N–H and O–H groups in total. The van der Waals surface area contributed by atoms with E-state index in [1.165, 1.54) is 10.4 Å². The summed E-state index contributed by atoms with van der Waals surface area (Å²) in [5, 5.41) is 9.52. The van der Waals surface area contributed by atoms with Gasteiger partial charge in [0.15, 0.2) is 5.82 Å². The number of aromatic nitrogens is 2. The van der Waals surface area contributed by atoms with Crippen molar-refractivity contribution in [2.45, 2.75) is 31.3 Å². The third kappa shape index (κ3) is 3.66. The molecule has 7 nitrogen and oxygen atoms in total. The van der Waals surface area contributed by atoms with Gasteiger partial charge in [0.05, 0.1) is 23.6 Å². The van der Waals surface area contributed by atoms with Crippen molar-refractivity contribution in [2.24, 2.45) is 0 Å². The van der Waals surface area contributed by atoms with Crippen molar-refractivity contribution in [2.75, 3.05) is 5.32 Å². The Kier molecular flexibility index (Phi) is 4.93. The molecule has 3 aromatic rings. The van der Waals surface area contributed by atoms with Gasteiger partial charge in [-0.05, 0) is 30.2 Å². The molecule has 29 heavy (non-hydrogen) atoms. The van der Waals surface area contributed by atoms with Crippen LogP contribution < -0.4 is 5.32 Å². The quantitative estimate of drug-likeness (QED) is 0.671. The Morgan fingerprint density at radius 2 is 1.90 bits per heavy atom. The summed E-state index contributed by atoms with van der Waals surface area (Å²) >= 11 is 0. The van der Waals surface area contributed by atoms with Crippen molar-refractivity contribution in [1.82, 2.24) is 14.5 Å². The van der Waals surface area contributed by atoms with Crippen LogP contribution >= 0.6 is 0 Å². The van der Waals surface area contributed by atoms with E-state index < -0.39 is 21.7 Å². The van der Waals surface area contributed by atoms with Crippen molar-refractivity contribution in [3.8, 4) is 0 Å². The van der Waals surface area contributed by atoms with Gasteiger partial charge < -0.3 is 5.32 Å². The number of H-pyrrole nitrogens is 1. The highest BCUT2D eigenvalue weighted by Crippen LogP contribution is 2.32. The second kappa shape index (κ2) is 7.41. The molecule has 0 bridgehead atoms. The SMILES string of the molecule is Cc1ccccc1S(=O)(=O)N1Cc2[nH]nc(NC(=O)Cc3ccccc3F)c2C1. The molecule has 1 amide bonds. The Hall–Kier alpha value is -3.04. The van der Waals surface area contributed by atoms with Crippen LogP contribution in [0.3, 0.4) is 0 Å². The lowest BCUT2D eigenvalue weighted by Crippen LogP contribution is -2.27. The summed E-state index contributed by atoms with van der Waals surface area (Å²) in [4.78, 5) is 12.6. The Bertz CT molecular complexity index is 1190. The van der Waals surface area contributed by atoms with Gasteiger partial charge in [-0.1, -0.05) is 36.4 Å². The molecule has 0 spiro atoms. The van der Waals surface area contributed by atoms with E-state index in [0.717, 1.165) is 0 Å². The summed E-state index contributed by atoms with van der Waals surface area (Å²) < 4.78 is 41.1. The summed E-state index contributed by atoms with van der Waals surface area (Å²) in [5.41, 5.74) is 2.19. The number of sulfonamides is 1. The molecule has 150 valence electrons. The zero-order chi connectivity index (χ0) is 20.6. The molecule has 1 aromatic heterocycles. The number of hydrogen-bond donors (Lipinski definition) is 2. The lowest BCUT2D eigenvalue weighted by Gasteiger charge is -2.17. The van der Waals surface area contributed by atoms with Crippen LogP contribution in [-0.4, -0.2) is 28.8 Å². The number of fused-ring (bicyclic) bond motifs is 1.